The number of hydrazone groups is 1. The number of rotatable bonds is 3. The minimum atomic E-state index is -0.293. The van der Waals surface area contributed by atoms with Crippen molar-refractivity contribution >= 4 is 34.5 Å². The largest absolute Gasteiger partial charge is 0.271 e. The highest BCUT2D eigenvalue weighted by atomic mass is 35.5. The van der Waals surface area contributed by atoms with Crippen LogP contribution in [0.1, 0.15) is 15.9 Å². The van der Waals surface area contributed by atoms with Gasteiger partial charge in [0.15, 0.2) is 0 Å². The fourth-order valence-corrected chi connectivity index (χ4v) is 2.41. The van der Waals surface area contributed by atoms with Crippen LogP contribution in [0.5, 0.6) is 0 Å². The van der Waals surface area contributed by atoms with Crippen LogP contribution in [0.4, 0.5) is 0 Å². The normalized spacial score (nSPS) is 11.0. The highest BCUT2D eigenvalue weighted by Crippen LogP contribution is 2.16. The van der Waals surface area contributed by atoms with E-state index in [1.165, 1.54) is 0 Å². The molecule has 0 heterocycles. The first kappa shape index (κ1) is 14.3. The Morgan fingerprint density at radius 2 is 1.77 bits per heavy atom. The molecule has 3 nitrogen and oxygen atoms in total. The van der Waals surface area contributed by atoms with Gasteiger partial charge in [0.1, 0.15) is 0 Å². The maximum Gasteiger partial charge on any atom is 0.271 e. The molecule has 0 aliphatic rings. The van der Waals surface area contributed by atoms with Crippen LogP contribution >= 0.6 is 11.6 Å². The predicted molar refractivity (Wildman–Crippen MR) is 90.5 cm³/mol. The molecule has 1 N–H and O–H groups in total. The van der Waals surface area contributed by atoms with Gasteiger partial charge < -0.3 is 0 Å². The van der Waals surface area contributed by atoms with Gasteiger partial charge in [0.05, 0.1) is 6.21 Å². The first-order valence-corrected chi connectivity index (χ1v) is 7.18. The lowest BCUT2D eigenvalue weighted by molar-refractivity contribution is 0.0955. The van der Waals surface area contributed by atoms with Crippen LogP contribution in [0.25, 0.3) is 10.8 Å². The predicted octanol–water partition coefficient (Wildman–Crippen LogP) is 4.26. The van der Waals surface area contributed by atoms with Crippen LogP contribution in [0.3, 0.4) is 0 Å². The third-order valence-electron chi connectivity index (χ3n) is 3.28. The number of fused-ring (bicyclic) bond motifs is 1. The van der Waals surface area contributed by atoms with E-state index in [1.54, 1.807) is 30.5 Å². The zero-order valence-corrected chi connectivity index (χ0v) is 12.4. The molecule has 3 aromatic carbocycles. The van der Waals surface area contributed by atoms with E-state index in [2.05, 4.69) is 10.5 Å². The molecular weight excluding hydrogens is 296 g/mol. The van der Waals surface area contributed by atoms with Crippen LogP contribution in [0, 0.1) is 0 Å². The minimum absolute atomic E-state index is 0.293. The van der Waals surface area contributed by atoms with Crippen LogP contribution in [0.2, 0.25) is 5.02 Å². The second-order valence-corrected chi connectivity index (χ2v) is 5.21. The van der Waals surface area contributed by atoms with E-state index in [-0.39, 0.29) is 5.91 Å². The van der Waals surface area contributed by atoms with Crippen molar-refractivity contribution in [3.63, 3.8) is 0 Å². The van der Waals surface area contributed by atoms with E-state index in [0.29, 0.717) is 10.6 Å². The molecule has 0 unspecified atom stereocenters. The highest BCUT2D eigenvalue weighted by molar-refractivity contribution is 6.30. The molecule has 0 spiro atoms. The van der Waals surface area contributed by atoms with Crippen molar-refractivity contribution in [2.45, 2.75) is 0 Å². The van der Waals surface area contributed by atoms with E-state index >= 15 is 0 Å². The van der Waals surface area contributed by atoms with E-state index in [0.717, 1.165) is 16.3 Å². The van der Waals surface area contributed by atoms with Gasteiger partial charge in [0, 0.05) is 16.1 Å². The molecule has 4 heteroatoms. The Balaban J connectivity index is 1.78. The molecule has 0 atom stereocenters. The zero-order chi connectivity index (χ0) is 15.4. The van der Waals surface area contributed by atoms with Crippen molar-refractivity contribution in [1.82, 2.24) is 5.43 Å². The Morgan fingerprint density at radius 1 is 1.00 bits per heavy atom. The van der Waals surface area contributed by atoms with Crippen molar-refractivity contribution in [3.05, 3.63) is 82.9 Å². The Labute approximate surface area is 133 Å². The first-order valence-electron chi connectivity index (χ1n) is 6.81. The molecule has 3 aromatic rings. The van der Waals surface area contributed by atoms with E-state index in [4.69, 9.17) is 11.6 Å². The molecule has 22 heavy (non-hydrogen) atoms. The van der Waals surface area contributed by atoms with Crippen molar-refractivity contribution in [2.24, 2.45) is 5.10 Å². The molecule has 0 aromatic heterocycles. The van der Waals surface area contributed by atoms with Crippen LogP contribution in [0.15, 0.2) is 71.8 Å². The SMILES string of the molecule is O=C(N/N=C/c1cccc2ccccc12)c1cccc(Cl)c1. The summed E-state index contributed by atoms with van der Waals surface area (Å²) in [4.78, 5) is 12.0. The molecular formula is C18H13ClN2O. The third kappa shape index (κ3) is 3.15. The van der Waals surface area contributed by atoms with E-state index in [1.807, 2.05) is 42.5 Å². The summed E-state index contributed by atoms with van der Waals surface area (Å²) in [6, 6.07) is 20.7. The first-order chi connectivity index (χ1) is 10.7. The van der Waals surface area contributed by atoms with Gasteiger partial charge in [-0.3, -0.25) is 4.79 Å². The Kier molecular flexibility index (Phi) is 4.17. The monoisotopic (exact) mass is 308 g/mol. The van der Waals surface area contributed by atoms with E-state index < -0.39 is 0 Å². The molecule has 0 bridgehead atoms. The van der Waals surface area contributed by atoms with Gasteiger partial charge in [0.25, 0.3) is 5.91 Å². The second kappa shape index (κ2) is 6.41. The number of carbonyl (C=O) groups is 1. The van der Waals surface area contributed by atoms with Crippen molar-refractivity contribution in [3.8, 4) is 0 Å². The summed E-state index contributed by atoms with van der Waals surface area (Å²) in [5, 5.41) is 6.77. The Hall–Kier alpha value is -2.65. The molecule has 0 aliphatic heterocycles. The van der Waals surface area contributed by atoms with Gasteiger partial charge in [-0.25, -0.2) is 5.43 Å². The van der Waals surface area contributed by atoms with Crippen LogP contribution < -0.4 is 5.43 Å². The highest BCUT2D eigenvalue weighted by Gasteiger charge is 2.04. The molecule has 0 saturated carbocycles. The van der Waals surface area contributed by atoms with Gasteiger partial charge in [-0.15, -0.1) is 0 Å². The summed E-state index contributed by atoms with van der Waals surface area (Å²) in [6.07, 6.45) is 1.64. The maximum absolute atomic E-state index is 12.0. The number of nitrogens with one attached hydrogen (secondary N) is 1. The average molecular weight is 309 g/mol. The third-order valence-corrected chi connectivity index (χ3v) is 3.51. The minimum Gasteiger partial charge on any atom is -0.267 e. The molecule has 0 saturated heterocycles. The van der Waals surface area contributed by atoms with Crippen LogP contribution in [-0.4, -0.2) is 12.1 Å². The van der Waals surface area contributed by atoms with Crippen molar-refractivity contribution < 1.29 is 4.79 Å². The second-order valence-electron chi connectivity index (χ2n) is 4.78. The van der Waals surface area contributed by atoms with Crippen LogP contribution in [-0.2, 0) is 0 Å². The van der Waals surface area contributed by atoms with Gasteiger partial charge in [-0.05, 0) is 29.0 Å². The summed E-state index contributed by atoms with van der Waals surface area (Å²) in [5.41, 5.74) is 3.93. The molecule has 0 radical (unpaired) electrons. The molecule has 3 rings (SSSR count). The summed E-state index contributed by atoms with van der Waals surface area (Å²) >= 11 is 5.87. The standard InChI is InChI=1S/C18H13ClN2O/c19-16-9-4-7-14(11-16)18(22)21-20-12-15-8-3-6-13-5-1-2-10-17(13)15/h1-12H,(H,21,22)/b20-12+. The van der Waals surface area contributed by atoms with Gasteiger partial charge in [0.2, 0.25) is 0 Å². The zero-order valence-electron chi connectivity index (χ0n) is 11.7. The van der Waals surface area contributed by atoms with Crippen molar-refractivity contribution in [1.29, 1.82) is 0 Å². The molecule has 1 amide bonds. The number of nitrogens with zero attached hydrogens (tertiary/aromatic N) is 1. The fourth-order valence-electron chi connectivity index (χ4n) is 2.22. The number of halogens is 1. The molecule has 0 fully saturated rings. The summed E-state index contributed by atoms with van der Waals surface area (Å²) in [6.45, 7) is 0. The maximum atomic E-state index is 12.0. The number of carbonyl (C=O) groups excluding carboxylic acids is 1. The van der Waals surface area contributed by atoms with Gasteiger partial charge in [-0.2, -0.15) is 5.10 Å². The summed E-state index contributed by atoms with van der Waals surface area (Å²) in [5.74, 6) is -0.293. The number of benzene rings is 3. The van der Waals surface area contributed by atoms with E-state index in [9.17, 15) is 4.79 Å². The lowest BCUT2D eigenvalue weighted by Crippen LogP contribution is -2.17. The number of amides is 1. The van der Waals surface area contributed by atoms with Gasteiger partial charge >= 0.3 is 0 Å². The number of hydrogen-bond acceptors (Lipinski definition) is 2. The topological polar surface area (TPSA) is 41.5 Å². The quantitative estimate of drug-likeness (QED) is 0.570. The number of hydrogen-bond donors (Lipinski definition) is 1. The average Bonchev–Trinajstić information content (AvgIpc) is 2.55. The Bertz CT molecular complexity index is 853. The molecule has 108 valence electrons. The summed E-state index contributed by atoms with van der Waals surface area (Å²) in [7, 11) is 0. The Morgan fingerprint density at radius 3 is 2.64 bits per heavy atom. The smallest absolute Gasteiger partial charge is 0.267 e. The lowest BCUT2D eigenvalue weighted by atomic mass is 10.1. The molecule has 0 aliphatic carbocycles. The lowest BCUT2D eigenvalue weighted by Gasteiger charge is -2.02. The van der Waals surface area contributed by atoms with Gasteiger partial charge in [-0.1, -0.05) is 60.1 Å². The summed E-state index contributed by atoms with van der Waals surface area (Å²) < 4.78 is 0. The fraction of sp³-hybridized carbons (Fsp3) is 0. The van der Waals surface area contributed by atoms with Crippen molar-refractivity contribution in [2.75, 3.05) is 0 Å².